The highest BCUT2D eigenvalue weighted by Gasteiger charge is 2.25. The van der Waals surface area contributed by atoms with Gasteiger partial charge in [0, 0.05) is 39.1 Å². The van der Waals surface area contributed by atoms with Crippen LogP contribution in [-0.2, 0) is 4.79 Å². The fourth-order valence-electron chi connectivity index (χ4n) is 3.56. The molecule has 5 heteroatoms. The molecule has 0 bridgehead atoms. The van der Waals surface area contributed by atoms with Gasteiger partial charge in [-0.1, -0.05) is 26.2 Å². The SMILES string of the molecule is CCN1CCN(CCC(=O)NC(C#N)C2CCCCC2)CC1. The lowest BCUT2D eigenvalue weighted by Crippen LogP contribution is -2.47. The molecule has 1 aliphatic carbocycles. The van der Waals surface area contributed by atoms with E-state index in [-0.39, 0.29) is 11.9 Å². The van der Waals surface area contributed by atoms with E-state index in [9.17, 15) is 10.1 Å². The third-order valence-corrected chi connectivity index (χ3v) is 5.14. The van der Waals surface area contributed by atoms with Crippen molar-refractivity contribution in [2.24, 2.45) is 5.92 Å². The van der Waals surface area contributed by atoms with E-state index in [4.69, 9.17) is 0 Å². The minimum atomic E-state index is -0.287. The normalized spacial score (nSPS) is 22.9. The Bertz CT molecular complexity index is 379. The molecule has 1 N–H and O–H groups in total. The number of likely N-dealkylation sites (N-methyl/N-ethyl adjacent to an activating group) is 1. The summed E-state index contributed by atoms with van der Waals surface area (Å²) < 4.78 is 0. The number of nitriles is 1. The molecule has 1 aliphatic heterocycles. The molecule has 2 fully saturated rings. The third kappa shape index (κ3) is 5.26. The van der Waals surface area contributed by atoms with Gasteiger partial charge < -0.3 is 15.1 Å². The number of piperazine rings is 1. The van der Waals surface area contributed by atoms with Gasteiger partial charge in [-0.05, 0) is 25.3 Å². The highest BCUT2D eigenvalue weighted by molar-refractivity contribution is 5.76. The minimum absolute atomic E-state index is 0.0371. The Balaban J connectivity index is 1.67. The van der Waals surface area contributed by atoms with Crippen molar-refractivity contribution in [3.05, 3.63) is 0 Å². The lowest BCUT2D eigenvalue weighted by atomic mass is 9.84. The van der Waals surface area contributed by atoms with Gasteiger partial charge in [0.25, 0.3) is 0 Å². The van der Waals surface area contributed by atoms with Crippen molar-refractivity contribution in [3.63, 3.8) is 0 Å². The summed E-state index contributed by atoms with van der Waals surface area (Å²) in [5.41, 5.74) is 0. The van der Waals surface area contributed by atoms with E-state index in [2.05, 4.69) is 28.1 Å². The van der Waals surface area contributed by atoms with E-state index in [1.165, 1.54) is 19.3 Å². The van der Waals surface area contributed by atoms with Crippen LogP contribution in [0.25, 0.3) is 0 Å². The highest BCUT2D eigenvalue weighted by atomic mass is 16.1. The lowest BCUT2D eigenvalue weighted by molar-refractivity contribution is -0.122. The van der Waals surface area contributed by atoms with Crippen molar-refractivity contribution in [2.45, 2.75) is 51.5 Å². The second-order valence-electron chi connectivity index (χ2n) is 6.60. The van der Waals surface area contributed by atoms with Gasteiger partial charge in [0.05, 0.1) is 6.07 Å². The molecule has 2 rings (SSSR count). The van der Waals surface area contributed by atoms with E-state index in [1.54, 1.807) is 0 Å². The molecule has 1 heterocycles. The van der Waals surface area contributed by atoms with Gasteiger partial charge in [-0.2, -0.15) is 5.26 Å². The summed E-state index contributed by atoms with van der Waals surface area (Å²) in [6.45, 7) is 8.40. The molecule has 1 saturated carbocycles. The van der Waals surface area contributed by atoms with Crippen LogP contribution in [0.2, 0.25) is 0 Å². The van der Waals surface area contributed by atoms with Crippen LogP contribution in [0.3, 0.4) is 0 Å². The Morgan fingerprint density at radius 1 is 1.18 bits per heavy atom. The zero-order chi connectivity index (χ0) is 15.8. The average molecular weight is 306 g/mol. The quantitative estimate of drug-likeness (QED) is 0.810. The van der Waals surface area contributed by atoms with E-state index in [1.807, 2.05) is 0 Å². The number of nitrogens with one attached hydrogen (secondary N) is 1. The second kappa shape index (κ2) is 9.12. The van der Waals surface area contributed by atoms with E-state index >= 15 is 0 Å². The molecule has 0 aromatic rings. The van der Waals surface area contributed by atoms with Crippen molar-refractivity contribution < 1.29 is 4.79 Å². The Hall–Kier alpha value is -1.12. The van der Waals surface area contributed by atoms with Crippen LogP contribution in [0.4, 0.5) is 0 Å². The first-order valence-electron chi connectivity index (χ1n) is 8.86. The zero-order valence-electron chi connectivity index (χ0n) is 13.9. The average Bonchev–Trinajstić information content (AvgIpc) is 2.59. The summed E-state index contributed by atoms with van der Waals surface area (Å²) in [6.07, 6.45) is 6.33. The molecule has 124 valence electrons. The molecule has 2 aliphatic rings. The standard InChI is InChI=1S/C17H30N4O/c1-2-20-10-12-21(13-11-20)9-8-17(22)19-16(14-18)15-6-4-3-5-7-15/h15-16H,2-13H2,1H3,(H,19,22). The van der Waals surface area contributed by atoms with Crippen molar-refractivity contribution in [2.75, 3.05) is 39.3 Å². The van der Waals surface area contributed by atoms with Crippen molar-refractivity contribution in [3.8, 4) is 6.07 Å². The third-order valence-electron chi connectivity index (χ3n) is 5.14. The monoisotopic (exact) mass is 306 g/mol. The molecule has 1 amide bonds. The Labute approximate surface area is 134 Å². The number of rotatable bonds is 6. The van der Waals surface area contributed by atoms with Crippen molar-refractivity contribution >= 4 is 5.91 Å². The van der Waals surface area contributed by atoms with Gasteiger partial charge in [0.2, 0.25) is 5.91 Å². The van der Waals surface area contributed by atoms with Crippen LogP contribution in [0.1, 0.15) is 45.4 Å². The predicted molar refractivity (Wildman–Crippen MR) is 87.3 cm³/mol. The largest absolute Gasteiger partial charge is 0.340 e. The van der Waals surface area contributed by atoms with Gasteiger partial charge in [0.1, 0.15) is 6.04 Å². The maximum Gasteiger partial charge on any atom is 0.222 e. The summed E-state index contributed by atoms with van der Waals surface area (Å²) in [5.74, 6) is 0.394. The Morgan fingerprint density at radius 2 is 1.82 bits per heavy atom. The van der Waals surface area contributed by atoms with Gasteiger partial charge in [-0.3, -0.25) is 4.79 Å². The van der Waals surface area contributed by atoms with Gasteiger partial charge in [-0.25, -0.2) is 0 Å². The molecular weight excluding hydrogens is 276 g/mol. The first-order chi connectivity index (χ1) is 10.7. The maximum atomic E-state index is 12.1. The molecule has 22 heavy (non-hydrogen) atoms. The smallest absolute Gasteiger partial charge is 0.222 e. The maximum absolute atomic E-state index is 12.1. The number of hydrogen-bond donors (Lipinski definition) is 1. The number of carbonyl (C=O) groups is 1. The first kappa shape index (κ1) is 17.2. The van der Waals surface area contributed by atoms with Gasteiger partial charge in [0.15, 0.2) is 0 Å². The summed E-state index contributed by atoms with van der Waals surface area (Å²) in [4.78, 5) is 16.9. The van der Waals surface area contributed by atoms with Crippen LogP contribution in [-0.4, -0.2) is 61.0 Å². The lowest BCUT2D eigenvalue weighted by Gasteiger charge is -2.34. The molecule has 0 radical (unpaired) electrons. The summed E-state index contributed by atoms with van der Waals surface area (Å²) in [6, 6.07) is 2.01. The first-order valence-corrected chi connectivity index (χ1v) is 8.86. The zero-order valence-corrected chi connectivity index (χ0v) is 13.9. The van der Waals surface area contributed by atoms with Gasteiger partial charge in [-0.15, -0.1) is 0 Å². The second-order valence-corrected chi connectivity index (χ2v) is 6.60. The summed E-state index contributed by atoms with van der Waals surface area (Å²) in [5, 5.41) is 12.3. The molecule has 5 nitrogen and oxygen atoms in total. The molecule has 0 aromatic heterocycles. The van der Waals surface area contributed by atoms with Crippen LogP contribution >= 0.6 is 0 Å². The van der Waals surface area contributed by atoms with Crippen LogP contribution in [0.5, 0.6) is 0 Å². The highest BCUT2D eigenvalue weighted by Crippen LogP contribution is 2.26. The molecule has 1 atom stereocenters. The van der Waals surface area contributed by atoms with E-state index < -0.39 is 0 Å². The number of hydrogen-bond acceptors (Lipinski definition) is 4. The molecule has 1 unspecified atom stereocenters. The topological polar surface area (TPSA) is 59.4 Å². The number of amides is 1. The Kier molecular flexibility index (Phi) is 7.14. The van der Waals surface area contributed by atoms with Gasteiger partial charge >= 0.3 is 0 Å². The van der Waals surface area contributed by atoms with Crippen LogP contribution in [0, 0.1) is 17.2 Å². The van der Waals surface area contributed by atoms with Crippen molar-refractivity contribution in [1.82, 2.24) is 15.1 Å². The minimum Gasteiger partial charge on any atom is -0.340 e. The molecule has 0 spiro atoms. The Morgan fingerprint density at radius 3 is 2.41 bits per heavy atom. The summed E-state index contributed by atoms with van der Waals surface area (Å²) >= 11 is 0. The van der Waals surface area contributed by atoms with Crippen LogP contribution < -0.4 is 5.32 Å². The van der Waals surface area contributed by atoms with Crippen molar-refractivity contribution in [1.29, 1.82) is 5.26 Å². The van der Waals surface area contributed by atoms with E-state index in [0.29, 0.717) is 12.3 Å². The fourth-order valence-corrected chi connectivity index (χ4v) is 3.56. The summed E-state index contributed by atoms with van der Waals surface area (Å²) in [7, 11) is 0. The van der Waals surface area contributed by atoms with Crippen LogP contribution in [0.15, 0.2) is 0 Å². The van der Waals surface area contributed by atoms with E-state index in [0.717, 1.165) is 52.1 Å². The molecular formula is C17H30N4O. The predicted octanol–water partition coefficient (Wildman–Crippen LogP) is 1.60. The fraction of sp³-hybridized carbons (Fsp3) is 0.882. The number of nitrogens with zero attached hydrogens (tertiary/aromatic N) is 3. The number of carbonyl (C=O) groups excluding carboxylic acids is 1. The molecule has 1 saturated heterocycles. The molecule has 0 aromatic carbocycles.